The van der Waals surface area contributed by atoms with Crippen molar-refractivity contribution in [3.8, 4) is 28.7 Å². The summed E-state index contributed by atoms with van der Waals surface area (Å²) in [5.41, 5.74) is 5.98. The largest absolute Gasteiger partial charge is 0.489 e. The number of hydrogen-bond donors (Lipinski definition) is 0. The smallest absolute Gasteiger partial charge is 0.162 e. The van der Waals surface area contributed by atoms with E-state index in [1.54, 1.807) is 7.11 Å². The number of hydrogen-bond acceptors (Lipinski definition) is 8. The van der Waals surface area contributed by atoms with E-state index in [4.69, 9.17) is 37.9 Å². The molecule has 0 saturated heterocycles. The molecular formula is C47H46O8. The van der Waals surface area contributed by atoms with Gasteiger partial charge in [0.2, 0.25) is 0 Å². The van der Waals surface area contributed by atoms with Gasteiger partial charge in [-0.25, -0.2) is 0 Å². The Morgan fingerprint density at radius 2 is 1.05 bits per heavy atom. The van der Waals surface area contributed by atoms with Crippen LogP contribution in [-0.2, 0) is 47.1 Å². The van der Waals surface area contributed by atoms with Crippen molar-refractivity contribution in [1.29, 1.82) is 0 Å². The Balaban J connectivity index is 1.21. The summed E-state index contributed by atoms with van der Waals surface area (Å²) >= 11 is 0. The summed E-state index contributed by atoms with van der Waals surface area (Å²) in [5, 5.41) is 0. The molecule has 8 heteroatoms. The van der Waals surface area contributed by atoms with Crippen molar-refractivity contribution in [2.75, 3.05) is 27.1 Å². The van der Waals surface area contributed by atoms with Crippen LogP contribution >= 0.6 is 0 Å². The van der Waals surface area contributed by atoms with Gasteiger partial charge in [0.05, 0.1) is 13.2 Å². The molecule has 0 saturated carbocycles. The summed E-state index contributed by atoms with van der Waals surface area (Å²) in [6.07, 6.45) is -0.446. The van der Waals surface area contributed by atoms with E-state index in [1.807, 2.05) is 152 Å². The number of benzene rings is 6. The van der Waals surface area contributed by atoms with E-state index in [1.165, 1.54) is 0 Å². The van der Waals surface area contributed by atoms with Crippen molar-refractivity contribution in [3.63, 3.8) is 0 Å². The maximum Gasteiger partial charge on any atom is 0.162 e. The molecule has 0 bridgehead atoms. The molecule has 0 spiro atoms. The molecule has 8 nitrogen and oxygen atoms in total. The van der Waals surface area contributed by atoms with Gasteiger partial charge in [0.25, 0.3) is 0 Å². The number of methoxy groups -OCH3 is 1. The highest BCUT2D eigenvalue weighted by atomic mass is 16.7. The first-order chi connectivity index (χ1) is 27.2. The Labute approximate surface area is 323 Å². The van der Waals surface area contributed by atoms with Crippen molar-refractivity contribution in [2.24, 2.45) is 0 Å². The molecule has 0 N–H and O–H groups in total. The molecule has 2 atom stereocenters. The SMILES string of the molecule is COCCOCO[C@@H]1Cc2c(OCc3ccccc3)cc(OCc3ccccc3)cc2O[C@@H]1c1ccc(OCc2ccccc2)c(OCc2ccccc2)c1. The highest BCUT2D eigenvalue weighted by molar-refractivity contribution is 5.53. The summed E-state index contributed by atoms with van der Waals surface area (Å²) in [6.45, 7) is 2.50. The number of rotatable bonds is 19. The molecule has 0 amide bonds. The zero-order valence-electron chi connectivity index (χ0n) is 31.0. The van der Waals surface area contributed by atoms with Gasteiger partial charge in [-0.05, 0) is 39.9 Å². The molecule has 6 aromatic rings. The molecule has 0 radical (unpaired) electrons. The predicted molar refractivity (Wildman–Crippen MR) is 211 cm³/mol. The molecule has 7 rings (SSSR count). The molecule has 55 heavy (non-hydrogen) atoms. The van der Waals surface area contributed by atoms with Crippen LogP contribution in [0.4, 0.5) is 0 Å². The summed E-state index contributed by atoms with van der Waals surface area (Å²) in [4.78, 5) is 0. The Morgan fingerprint density at radius 3 is 1.62 bits per heavy atom. The standard InChI is InChI=1S/C47H46O8/c1-48-24-25-49-34-54-46-29-41-43(52-32-37-18-10-4-11-19-37)27-40(50-30-35-14-6-2-7-15-35)28-44(41)55-47(46)39-22-23-42(51-31-36-16-8-3-9-17-36)45(26-39)53-33-38-20-12-5-13-21-38/h2-23,26-28,46-47H,24-25,29-34H2,1H3/t46-,47-/m1/s1. The topological polar surface area (TPSA) is 73.8 Å². The zero-order valence-corrected chi connectivity index (χ0v) is 31.0. The van der Waals surface area contributed by atoms with Crippen LogP contribution in [0.1, 0.15) is 39.5 Å². The fourth-order valence-electron chi connectivity index (χ4n) is 6.28. The van der Waals surface area contributed by atoms with E-state index in [2.05, 4.69) is 0 Å². The van der Waals surface area contributed by atoms with Gasteiger partial charge in [-0.15, -0.1) is 0 Å². The van der Waals surface area contributed by atoms with Gasteiger partial charge in [-0.2, -0.15) is 0 Å². The molecule has 0 aromatic heterocycles. The highest BCUT2D eigenvalue weighted by Gasteiger charge is 2.35. The molecule has 0 unspecified atom stereocenters. The Morgan fingerprint density at radius 1 is 0.527 bits per heavy atom. The lowest BCUT2D eigenvalue weighted by molar-refractivity contribution is -0.130. The predicted octanol–water partition coefficient (Wildman–Crippen LogP) is 9.68. The first kappa shape index (κ1) is 37.5. The van der Waals surface area contributed by atoms with Gasteiger partial charge in [0.1, 0.15) is 56.6 Å². The minimum Gasteiger partial charge on any atom is -0.489 e. The molecule has 1 aliphatic heterocycles. The normalized spacial score (nSPS) is 14.7. The van der Waals surface area contributed by atoms with Crippen LogP contribution in [0.15, 0.2) is 152 Å². The maximum atomic E-state index is 6.92. The number of fused-ring (bicyclic) bond motifs is 1. The van der Waals surface area contributed by atoms with Gasteiger partial charge < -0.3 is 37.9 Å². The second-order valence-electron chi connectivity index (χ2n) is 13.2. The third kappa shape index (κ3) is 10.7. The van der Waals surface area contributed by atoms with E-state index in [0.29, 0.717) is 74.8 Å². The third-order valence-corrected chi connectivity index (χ3v) is 9.19. The molecule has 1 aliphatic rings. The van der Waals surface area contributed by atoms with Crippen molar-refractivity contribution >= 4 is 0 Å². The maximum absolute atomic E-state index is 6.92. The average molecular weight is 739 g/mol. The Hall–Kier alpha value is -5.80. The zero-order chi connectivity index (χ0) is 37.5. The van der Waals surface area contributed by atoms with Crippen LogP contribution in [0.2, 0.25) is 0 Å². The summed E-state index contributed by atoms with van der Waals surface area (Å²) < 4.78 is 50.0. The molecule has 6 aromatic carbocycles. The van der Waals surface area contributed by atoms with Crippen molar-refractivity contribution in [3.05, 3.63) is 185 Å². The minimum atomic E-state index is -0.521. The first-order valence-corrected chi connectivity index (χ1v) is 18.5. The van der Waals surface area contributed by atoms with Gasteiger partial charge in [-0.1, -0.05) is 127 Å². The number of ether oxygens (including phenoxy) is 8. The van der Waals surface area contributed by atoms with E-state index < -0.39 is 12.2 Å². The van der Waals surface area contributed by atoms with E-state index >= 15 is 0 Å². The second kappa shape index (κ2) is 19.5. The third-order valence-electron chi connectivity index (χ3n) is 9.19. The molecule has 0 fully saturated rings. The minimum absolute atomic E-state index is 0.0668. The summed E-state index contributed by atoms with van der Waals surface area (Å²) in [6, 6.07) is 50.1. The fourth-order valence-corrected chi connectivity index (χ4v) is 6.28. The van der Waals surface area contributed by atoms with Crippen LogP contribution in [0, 0.1) is 0 Å². The van der Waals surface area contributed by atoms with E-state index in [-0.39, 0.29) is 6.79 Å². The highest BCUT2D eigenvalue weighted by Crippen LogP contribution is 2.45. The molecular weight excluding hydrogens is 693 g/mol. The van der Waals surface area contributed by atoms with Gasteiger partial charge in [0, 0.05) is 31.2 Å². The van der Waals surface area contributed by atoms with Gasteiger partial charge in [-0.3, -0.25) is 0 Å². The molecule has 1 heterocycles. The van der Waals surface area contributed by atoms with Crippen LogP contribution in [0.25, 0.3) is 0 Å². The Bertz CT molecular complexity index is 2040. The lowest BCUT2D eigenvalue weighted by Gasteiger charge is -2.35. The van der Waals surface area contributed by atoms with Crippen LogP contribution in [-0.4, -0.2) is 33.2 Å². The molecule has 0 aliphatic carbocycles. The van der Waals surface area contributed by atoms with Crippen molar-refractivity contribution in [2.45, 2.75) is 45.1 Å². The van der Waals surface area contributed by atoms with Gasteiger partial charge >= 0.3 is 0 Å². The lowest BCUT2D eigenvalue weighted by atomic mass is 9.93. The second-order valence-corrected chi connectivity index (χ2v) is 13.2. The first-order valence-electron chi connectivity index (χ1n) is 18.5. The van der Waals surface area contributed by atoms with Gasteiger partial charge in [0.15, 0.2) is 17.6 Å². The van der Waals surface area contributed by atoms with Crippen molar-refractivity contribution in [1.82, 2.24) is 0 Å². The fraction of sp³-hybridized carbons (Fsp3) is 0.234. The molecule has 282 valence electrons. The van der Waals surface area contributed by atoms with E-state index in [0.717, 1.165) is 33.4 Å². The average Bonchev–Trinajstić information content (AvgIpc) is 3.24. The van der Waals surface area contributed by atoms with Crippen molar-refractivity contribution < 1.29 is 37.9 Å². The summed E-state index contributed by atoms with van der Waals surface area (Å²) in [5.74, 6) is 3.22. The van der Waals surface area contributed by atoms with Crippen LogP contribution in [0.5, 0.6) is 28.7 Å². The summed E-state index contributed by atoms with van der Waals surface area (Å²) in [7, 11) is 1.64. The van der Waals surface area contributed by atoms with E-state index in [9.17, 15) is 0 Å². The van der Waals surface area contributed by atoms with Crippen LogP contribution in [0.3, 0.4) is 0 Å². The Kier molecular flexibility index (Phi) is 13.3. The quantitative estimate of drug-likeness (QED) is 0.0601. The lowest BCUT2D eigenvalue weighted by Crippen LogP contribution is -2.34. The monoisotopic (exact) mass is 738 g/mol. The van der Waals surface area contributed by atoms with Crippen LogP contribution < -0.4 is 23.7 Å².